The fourth-order valence-electron chi connectivity index (χ4n) is 1.90. The van der Waals surface area contributed by atoms with E-state index in [0.29, 0.717) is 12.8 Å². The number of fused-ring (bicyclic) bond motifs is 1. The van der Waals surface area contributed by atoms with Gasteiger partial charge in [-0.15, -0.1) is 0 Å². The second-order valence-corrected chi connectivity index (χ2v) is 3.64. The van der Waals surface area contributed by atoms with Crippen LogP contribution >= 0.6 is 0 Å². The molecule has 5 N–H and O–H groups in total. The Morgan fingerprint density at radius 1 is 1.60 bits per heavy atom. The van der Waals surface area contributed by atoms with E-state index in [-0.39, 0.29) is 30.6 Å². The van der Waals surface area contributed by atoms with Crippen LogP contribution in [0, 0.1) is 5.92 Å². The molecule has 0 aromatic rings. The Hall–Kier alpha value is -1.56. The molecule has 6 heteroatoms. The number of hydrogen-bond acceptors (Lipinski definition) is 5. The molecule has 0 aromatic heterocycles. The maximum atomic E-state index is 11.6. The van der Waals surface area contributed by atoms with Crippen molar-refractivity contribution in [1.29, 1.82) is 0 Å². The van der Waals surface area contributed by atoms with Gasteiger partial charge in [-0.25, -0.2) is 4.99 Å². The van der Waals surface area contributed by atoms with Gasteiger partial charge >= 0.3 is 0 Å². The first-order chi connectivity index (χ1) is 7.22. The minimum Gasteiger partial charge on any atom is -0.396 e. The van der Waals surface area contributed by atoms with Gasteiger partial charge in [0.2, 0.25) is 5.91 Å². The molecule has 15 heavy (non-hydrogen) atoms. The maximum Gasteiger partial charge on any atom is 0.238 e. The summed E-state index contributed by atoms with van der Waals surface area (Å²) in [6.45, 7) is 0.127. The van der Waals surface area contributed by atoms with Crippen LogP contribution in [0.15, 0.2) is 16.8 Å². The van der Waals surface area contributed by atoms with E-state index < -0.39 is 0 Å². The zero-order valence-electron chi connectivity index (χ0n) is 8.23. The van der Waals surface area contributed by atoms with Crippen molar-refractivity contribution in [3.05, 3.63) is 11.8 Å². The highest BCUT2D eigenvalue weighted by atomic mass is 16.2. The smallest absolute Gasteiger partial charge is 0.238 e. The number of carbonyl (C=O) groups is 1. The van der Waals surface area contributed by atoms with Gasteiger partial charge in [0.05, 0.1) is 0 Å². The lowest BCUT2D eigenvalue weighted by atomic mass is 9.94. The number of nitrogens with two attached hydrogens (primary N) is 1. The number of aliphatic hydroxyl groups excluding tert-OH is 1. The predicted molar refractivity (Wildman–Crippen MR) is 54.6 cm³/mol. The number of nitrogens with zero attached hydrogens (tertiary/aromatic N) is 1. The quantitative estimate of drug-likeness (QED) is 0.462. The van der Waals surface area contributed by atoms with Gasteiger partial charge in [0, 0.05) is 6.61 Å². The topological polar surface area (TPSA) is 99.7 Å². The number of rotatable bonds is 3. The van der Waals surface area contributed by atoms with Gasteiger partial charge in [-0.3, -0.25) is 10.1 Å². The van der Waals surface area contributed by atoms with Crippen molar-refractivity contribution in [3.8, 4) is 0 Å². The Morgan fingerprint density at radius 2 is 2.40 bits per heavy atom. The third-order valence-electron chi connectivity index (χ3n) is 2.59. The summed E-state index contributed by atoms with van der Waals surface area (Å²) in [6.07, 6.45) is 2.89. The summed E-state index contributed by atoms with van der Waals surface area (Å²) >= 11 is 0. The molecule has 0 saturated heterocycles. The summed E-state index contributed by atoms with van der Waals surface area (Å²) in [5.74, 6) is -0.240. The standard InChI is InChI=1S/C9H14N4O2/c10-9-12-7-6(8(15)13-9)5(4-11-7)2-1-3-14/h4,6-7,11,14H,1-3H2,(H3,10,12,13,15). The van der Waals surface area contributed by atoms with Crippen LogP contribution in [0.5, 0.6) is 0 Å². The Balaban J connectivity index is 2.10. The Bertz CT molecular complexity index is 337. The Kier molecular flexibility index (Phi) is 2.59. The van der Waals surface area contributed by atoms with Crippen molar-refractivity contribution in [2.75, 3.05) is 6.61 Å². The van der Waals surface area contributed by atoms with E-state index in [9.17, 15) is 4.79 Å². The number of carbonyl (C=O) groups excluding carboxylic acids is 1. The van der Waals surface area contributed by atoms with Gasteiger partial charge in [0.1, 0.15) is 12.1 Å². The highest BCUT2D eigenvalue weighted by Crippen LogP contribution is 2.27. The van der Waals surface area contributed by atoms with Gasteiger partial charge in [-0.05, 0) is 24.6 Å². The van der Waals surface area contributed by atoms with E-state index in [0.717, 1.165) is 5.57 Å². The number of hydrogen-bond donors (Lipinski definition) is 4. The fourth-order valence-corrected chi connectivity index (χ4v) is 1.90. The van der Waals surface area contributed by atoms with Crippen molar-refractivity contribution >= 4 is 11.9 Å². The van der Waals surface area contributed by atoms with E-state index in [1.165, 1.54) is 0 Å². The molecule has 0 bridgehead atoms. The second kappa shape index (κ2) is 3.90. The molecule has 2 unspecified atom stereocenters. The predicted octanol–water partition coefficient (Wildman–Crippen LogP) is -1.37. The molecule has 2 heterocycles. The summed E-state index contributed by atoms with van der Waals surface area (Å²) in [7, 11) is 0. The maximum absolute atomic E-state index is 11.6. The van der Waals surface area contributed by atoms with Gasteiger partial charge in [-0.2, -0.15) is 0 Å². The van der Waals surface area contributed by atoms with Gasteiger partial charge in [0.15, 0.2) is 5.96 Å². The third-order valence-corrected chi connectivity index (χ3v) is 2.59. The van der Waals surface area contributed by atoms with Crippen molar-refractivity contribution in [2.45, 2.75) is 19.0 Å². The van der Waals surface area contributed by atoms with E-state index >= 15 is 0 Å². The average molecular weight is 210 g/mol. The minimum absolute atomic E-state index is 0.123. The highest BCUT2D eigenvalue weighted by Gasteiger charge is 2.38. The zero-order chi connectivity index (χ0) is 10.8. The van der Waals surface area contributed by atoms with Crippen LogP contribution in [0.2, 0.25) is 0 Å². The van der Waals surface area contributed by atoms with Gasteiger partial charge in [0.25, 0.3) is 0 Å². The summed E-state index contributed by atoms with van der Waals surface area (Å²) in [6, 6.07) is 0. The van der Waals surface area contributed by atoms with Crippen LogP contribution in [-0.4, -0.2) is 29.7 Å². The highest BCUT2D eigenvalue weighted by molar-refractivity contribution is 6.01. The van der Waals surface area contributed by atoms with Crippen LogP contribution in [0.25, 0.3) is 0 Å². The van der Waals surface area contributed by atoms with E-state index in [1.54, 1.807) is 6.20 Å². The molecule has 0 radical (unpaired) electrons. The first kappa shape index (κ1) is 9.97. The van der Waals surface area contributed by atoms with Crippen molar-refractivity contribution in [2.24, 2.45) is 16.6 Å². The second-order valence-electron chi connectivity index (χ2n) is 3.64. The molecule has 2 rings (SSSR count). The molecule has 0 aromatic carbocycles. The SMILES string of the molecule is NC1=NC2NC=C(CCCO)C2C(=O)N1. The number of amides is 1. The summed E-state index contributed by atoms with van der Waals surface area (Å²) in [4.78, 5) is 15.7. The van der Waals surface area contributed by atoms with Crippen LogP contribution in [0.3, 0.4) is 0 Å². The molecule has 0 saturated carbocycles. The monoisotopic (exact) mass is 210 g/mol. The van der Waals surface area contributed by atoms with Crippen LogP contribution < -0.4 is 16.4 Å². The van der Waals surface area contributed by atoms with Crippen molar-refractivity contribution < 1.29 is 9.90 Å². The molecule has 1 amide bonds. The molecule has 2 aliphatic heterocycles. The zero-order valence-corrected chi connectivity index (χ0v) is 8.23. The van der Waals surface area contributed by atoms with Crippen LogP contribution in [-0.2, 0) is 4.79 Å². The first-order valence-corrected chi connectivity index (χ1v) is 4.92. The number of nitrogens with one attached hydrogen (secondary N) is 2. The summed E-state index contributed by atoms with van der Waals surface area (Å²) in [5, 5.41) is 14.2. The molecular formula is C9H14N4O2. The number of guanidine groups is 1. The largest absolute Gasteiger partial charge is 0.396 e. The Morgan fingerprint density at radius 3 is 3.13 bits per heavy atom. The molecule has 2 aliphatic rings. The minimum atomic E-state index is -0.274. The number of aliphatic hydroxyl groups is 1. The van der Waals surface area contributed by atoms with Gasteiger partial charge in [-0.1, -0.05) is 0 Å². The molecule has 0 fully saturated rings. The normalized spacial score (nSPS) is 28.7. The fraction of sp³-hybridized carbons (Fsp3) is 0.556. The molecule has 6 nitrogen and oxygen atoms in total. The molecular weight excluding hydrogens is 196 g/mol. The van der Waals surface area contributed by atoms with Crippen LogP contribution in [0.1, 0.15) is 12.8 Å². The van der Waals surface area contributed by atoms with Crippen LogP contribution in [0.4, 0.5) is 0 Å². The lowest BCUT2D eigenvalue weighted by Gasteiger charge is -2.23. The molecule has 0 spiro atoms. The lowest BCUT2D eigenvalue weighted by Crippen LogP contribution is -2.50. The first-order valence-electron chi connectivity index (χ1n) is 4.92. The van der Waals surface area contributed by atoms with Crippen molar-refractivity contribution in [3.63, 3.8) is 0 Å². The summed E-state index contributed by atoms with van der Waals surface area (Å²) < 4.78 is 0. The average Bonchev–Trinajstić information content (AvgIpc) is 2.58. The van der Waals surface area contributed by atoms with E-state index in [1.807, 2.05) is 0 Å². The molecule has 0 aliphatic carbocycles. The third kappa shape index (κ3) is 1.80. The molecule has 82 valence electrons. The van der Waals surface area contributed by atoms with Gasteiger partial charge < -0.3 is 16.2 Å². The number of aliphatic imine (C=N–C) groups is 1. The summed E-state index contributed by atoms with van der Waals surface area (Å²) in [5.41, 5.74) is 6.42. The van der Waals surface area contributed by atoms with Crippen molar-refractivity contribution in [1.82, 2.24) is 10.6 Å². The Labute approximate surface area is 87.2 Å². The van der Waals surface area contributed by atoms with E-state index in [4.69, 9.17) is 10.8 Å². The van der Waals surface area contributed by atoms with E-state index in [2.05, 4.69) is 15.6 Å². The molecule has 2 atom stereocenters. The lowest BCUT2D eigenvalue weighted by molar-refractivity contribution is -0.123.